The van der Waals surface area contributed by atoms with Crippen LogP contribution in [0, 0.1) is 11.3 Å². The third-order valence-electron chi connectivity index (χ3n) is 12.8. The SMILES string of the molecule is CC(=O)NC1C(O)[C@@H](O)C(CO)O[C@H]1OCCCCCOCC(C)(COCCCCCO[C@@H]1OC(CO)[C@H](O)C(O)C1NC(C)=O)COCCCCCO[C@@H]1OC(CO)C2(O)C(O)C2C1NC(C)=O. The van der Waals surface area contributed by atoms with Gasteiger partial charge >= 0.3 is 0 Å². The first kappa shape index (κ1) is 59.3. The standard InChI is InChI=1S/C45H81N3O21/c1-26(52)46-33-32-40(59)45(32,60)31(22-51)69-41(33)64-17-11-5-8-14-61-23-44(4,24-62-15-9-6-12-18-65-42-34(47-27(2)53)38(57)36(55)29(20-49)67-42)25-63-16-10-7-13-19-66-43-35(48-28(3)54)39(58)37(56)30(21-50)68-43/h29-43,49-51,55-60H,5-25H2,1-4H3,(H,46,52)(H,47,53)(H,48,54)/t29?,30?,31?,32?,33?,34?,35?,36-,37-,38?,39?,40?,41+,42+,43+,44?,45?/m0/s1. The number of carbonyl (C=O) groups is 3. The molecule has 3 heterocycles. The smallest absolute Gasteiger partial charge is 0.217 e. The van der Waals surface area contributed by atoms with Gasteiger partial charge in [0.15, 0.2) is 18.9 Å². The summed E-state index contributed by atoms with van der Waals surface area (Å²) < 4.78 is 52.9. The summed E-state index contributed by atoms with van der Waals surface area (Å²) in [6.07, 6.45) is -6.86. The molecule has 4 fully saturated rings. The molecule has 1 aliphatic carbocycles. The third kappa shape index (κ3) is 17.4. The van der Waals surface area contributed by atoms with Gasteiger partial charge in [-0.1, -0.05) is 6.92 Å². The van der Waals surface area contributed by atoms with Crippen molar-refractivity contribution in [3.63, 3.8) is 0 Å². The molecule has 24 nitrogen and oxygen atoms in total. The molecular weight excluding hydrogens is 918 g/mol. The lowest BCUT2D eigenvalue weighted by Gasteiger charge is -2.42. The van der Waals surface area contributed by atoms with Crippen molar-refractivity contribution in [1.82, 2.24) is 16.0 Å². The molecule has 0 aromatic heterocycles. The normalized spacial score (nSPS) is 35.2. The number of carbonyl (C=O) groups excluding carboxylic acids is 3. The average molecular weight is 1000 g/mol. The van der Waals surface area contributed by atoms with E-state index < -0.39 is 134 Å². The monoisotopic (exact) mass is 1000 g/mol. The Labute approximate surface area is 403 Å². The molecule has 11 unspecified atom stereocenters. The van der Waals surface area contributed by atoms with Gasteiger partial charge in [0, 0.05) is 71.7 Å². The van der Waals surface area contributed by atoms with E-state index in [0.29, 0.717) is 78.2 Å². The van der Waals surface area contributed by atoms with E-state index in [1.807, 2.05) is 6.92 Å². The molecule has 0 aromatic carbocycles. The van der Waals surface area contributed by atoms with Crippen molar-refractivity contribution in [2.75, 3.05) is 79.3 Å². The van der Waals surface area contributed by atoms with Crippen molar-refractivity contribution in [3.05, 3.63) is 0 Å². The van der Waals surface area contributed by atoms with Gasteiger partial charge in [-0.05, 0) is 57.8 Å². The summed E-state index contributed by atoms with van der Waals surface area (Å²) in [4.78, 5) is 35.3. The Bertz CT molecular complexity index is 1460. The first-order valence-corrected chi connectivity index (χ1v) is 24.2. The number of ether oxygens (including phenoxy) is 9. The molecule has 0 bridgehead atoms. The van der Waals surface area contributed by atoms with E-state index in [9.17, 15) is 60.3 Å². The van der Waals surface area contributed by atoms with Gasteiger partial charge in [-0.25, -0.2) is 0 Å². The highest BCUT2D eigenvalue weighted by Crippen LogP contribution is 2.54. The first-order chi connectivity index (χ1) is 32.9. The van der Waals surface area contributed by atoms with E-state index in [0.717, 1.165) is 19.3 Å². The summed E-state index contributed by atoms with van der Waals surface area (Å²) in [7, 11) is 0. The molecule has 0 spiro atoms. The molecule has 3 aliphatic heterocycles. The Balaban J connectivity index is 1.18. The molecule has 402 valence electrons. The predicted molar refractivity (Wildman–Crippen MR) is 239 cm³/mol. The highest BCUT2D eigenvalue weighted by molar-refractivity contribution is 5.74. The number of nitrogens with one attached hydrogen (secondary N) is 3. The van der Waals surface area contributed by atoms with E-state index in [2.05, 4.69) is 16.0 Å². The van der Waals surface area contributed by atoms with E-state index in [4.69, 9.17) is 42.6 Å². The van der Waals surface area contributed by atoms with Crippen molar-refractivity contribution >= 4 is 17.7 Å². The van der Waals surface area contributed by atoms with Crippen molar-refractivity contribution in [3.8, 4) is 0 Å². The molecule has 12 N–H and O–H groups in total. The summed E-state index contributed by atoms with van der Waals surface area (Å²) >= 11 is 0. The van der Waals surface area contributed by atoms with Gasteiger partial charge < -0.3 is 105 Å². The average Bonchev–Trinajstić information content (AvgIpc) is 3.88. The molecular formula is C45H81N3O21. The number of amides is 3. The van der Waals surface area contributed by atoms with Gasteiger partial charge in [-0.15, -0.1) is 0 Å². The topological polar surface area (TPSA) is 352 Å². The number of aliphatic hydroxyl groups is 9. The Morgan fingerprint density at radius 1 is 0.507 bits per heavy atom. The Morgan fingerprint density at radius 2 is 0.855 bits per heavy atom. The summed E-state index contributed by atoms with van der Waals surface area (Å²) in [5.74, 6) is -1.96. The zero-order valence-corrected chi connectivity index (χ0v) is 40.4. The lowest BCUT2D eigenvalue weighted by atomic mass is 9.94. The van der Waals surface area contributed by atoms with Crippen LogP contribution in [0.3, 0.4) is 0 Å². The summed E-state index contributed by atoms with van der Waals surface area (Å²) in [5, 5.41) is 99.3. The molecule has 4 aliphatic rings. The minimum atomic E-state index is -1.65. The molecule has 3 amide bonds. The van der Waals surface area contributed by atoms with Crippen LogP contribution in [0.4, 0.5) is 0 Å². The fourth-order valence-corrected chi connectivity index (χ4v) is 8.89. The minimum absolute atomic E-state index is 0.230. The van der Waals surface area contributed by atoms with Crippen LogP contribution in [-0.4, -0.2) is 234 Å². The van der Waals surface area contributed by atoms with Crippen LogP contribution in [0.15, 0.2) is 0 Å². The van der Waals surface area contributed by atoms with Crippen molar-refractivity contribution < 1.29 is 103 Å². The zero-order chi connectivity index (χ0) is 50.7. The molecule has 1 saturated carbocycles. The quantitative estimate of drug-likeness (QED) is 0.0283. The van der Waals surface area contributed by atoms with Crippen molar-refractivity contribution in [2.24, 2.45) is 11.3 Å². The minimum Gasteiger partial charge on any atom is -0.394 e. The Hall–Kier alpha value is -2.31. The van der Waals surface area contributed by atoms with E-state index in [1.54, 1.807) is 0 Å². The van der Waals surface area contributed by atoms with E-state index in [-0.39, 0.29) is 25.7 Å². The van der Waals surface area contributed by atoms with E-state index >= 15 is 0 Å². The highest BCUT2D eigenvalue weighted by Gasteiger charge is 2.75. The molecule has 0 aromatic rings. The van der Waals surface area contributed by atoms with Crippen LogP contribution in [0.25, 0.3) is 0 Å². The number of hydrogen-bond acceptors (Lipinski definition) is 21. The lowest BCUT2D eigenvalue weighted by molar-refractivity contribution is -0.270. The van der Waals surface area contributed by atoms with Crippen LogP contribution in [0.1, 0.15) is 85.5 Å². The fourth-order valence-electron chi connectivity index (χ4n) is 8.89. The number of hydrogen-bond donors (Lipinski definition) is 12. The lowest BCUT2D eigenvalue weighted by Crippen LogP contribution is -2.64. The second-order valence-corrected chi connectivity index (χ2v) is 18.9. The maximum Gasteiger partial charge on any atom is 0.217 e. The van der Waals surface area contributed by atoms with E-state index in [1.165, 1.54) is 20.8 Å². The predicted octanol–water partition coefficient (Wildman–Crippen LogP) is -3.57. The van der Waals surface area contributed by atoms with Crippen LogP contribution < -0.4 is 16.0 Å². The second kappa shape index (κ2) is 29.4. The molecule has 3 saturated heterocycles. The van der Waals surface area contributed by atoms with Gasteiger partial charge in [-0.2, -0.15) is 0 Å². The first-order valence-electron chi connectivity index (χ1n) is 24.2. The molecule has 24 heteroatoms. The molecule has 69 heavy (non-hydrogen) atoms. The van der Waals surface area contributed by atoms with Gasteiger partial charge in [-0.3, -0.25) is 14.4 Å². The number of aliphatic hydroxyl groups excluding tert-OH is 8. The zero-order valence-electron chi connectivity index (χ0n) is 40.4. The third-order valence-corrected chi connectivity index (χ3v) is 12.8. The van der Waals surface area contributed by atoms with Crippen molar-refractivity contribution in [2.45, 2.75) is 177 Å². The van der Waals surface area contributed by atoms with Gasteiger partial charge in [0.1, 0.15) is 60.4 Å². The second-order valence-electron chi connectivity index (χ2n) is 18.9. The van der Waals surface area contributed by atoms with Gasteiger partial charge in [0.05, 0.1) is 51.8 Å². The summed E-state index contributed by atoms with van der Waals surface area (Å²) in [6.45, 7) is 7.36. The fraction of sp³-hybridized carbons (Fsp3) is 0.933. The maximum atomic E-state index is 11.9. The molecule has 16 atom stereocenters. The summed E-state index contributed by atoms with van der Waals surface area (Å²) in [6, 6.07) is -2.81. The van der Waals surface area contributed by atoms with Crippen LogP contribution in [0.2, 0.25) is 0 Å². The molecule has 0 radical (unpaired) electrons. The Kier molecular flexibility index (Phi) is 25.3. The van der Waals surface area contributed by atoms with Crippen LogP contribution >= 0.6 is 0 Å². The van der Waals surface area contributed by atoms with Gasteiger partial charge in [0.2, 0.25) is 17.7 Å². The van der Waals surface area contributed by atoms with Gasteiger partial charge in [0.25, 0.3) is 0 Å². The molecule has 4 rings (SSSR count). The maximum absolute atomic E-state index is 11.9. The number of fused-ring (bicyclic) bond motifs is 1. The number of rotatable bonds is 33. The van der Waals surface area contributed by atoms with Crippen LogP contribution in [-0.2, 0) is 57.0 Å². The highest BCUT2D eigenvalue weighted by atomic mass is 16.7. The number of unbranched alkanes of at least 4 members (excludes halogenated alkanes) is 6. The summed E-state index contributed by atoms with van der Waals surface area (Å²) in [5.41, 5.74) is -2.16. The Morgan fingerprint density at radius 3 is 1.20 bits per heavy atom. The largest absolute Gasteiger partial charge is 0.394 e. The van der Waals surface area contributed by atoms with Crippen molar-refractivity contribution in [1.29, 1.82) is 0 Å². The van der Waals surface area contributed by atoms with Crippen LogP contribution in [0.5, 0.6) is 0 Å².